The van der Waals surface area contributed by atoms with E-state index < -0.39 is 0 Å². The number of hydrogen-bond acceptors (Lipinski definition) is 4. The molecule has 0 unspecified atom stereocenters. The largest absolute Gasteiger partial charge is 0.476 e. The molecule has 17 heavy (non-hydrogen) atoms. The first kappa shape index (κ1) is 10.6. The minimum absolute atomic E-state index is 0.612. The van der Waals surface area contributed by atoms with Crippen LogP contribution in [0.4, 0.5) is 0 Å². The molecular weight excluding hydrogens is 240 g/mol. The first-order valence-corrected chi connectivity index (χ1v) is 5.87. The van der Waals surface area contributed by atoms with E-state index in [4.69, 9.17) is 21.1 Å². The molecule has 5 heteroatoms. The van der Waals surface area contributed by atoms with Gasteiger partial charge in [-0.15, -0.1) is 0 Å². The van der Waals surface area contributed by atoms with Gasteiger partial charge in [-0.2, -0.15) is 0 Å². The summed E-state index contributed by atoms with van der Waals surface area (Å²) in [6, 6.07) is 5.66. The Morgan fingerprint density at radius 3 is 2.29 bits per heavy atom. The molecule has 0 saturated carbocycles. The van der Waals surface area contributed by atoms with Crippen LogP contribution in [0.5, 0.6) is 0 Å². The predicted molar refractivity (Wildman–Crippen MR) is 66.2 cm³/mol. The summed E-state index contributed by atoms with van der Waals surface area (Å²) in [5, 5.41) is 0.612. The maximum atomic E-state index is 6.22. The molecule has 2 aliphatic heterocycles. The van der Waals surface area contributed by atoms with Crippen molar-refractivity contribution in [2.45, 2.75) is 0 Å². The lowest BCUT2D eigenvalue weighted by Gasteiger charge is -2.07. The molecule has 0 bridgehead atoms. The van der Waals surface area contributed by atoms with Gasteiger partial charge in [-0.25, -0.2) is 9.98 Å². The zero-order valence-corrected chi connectivity index (χ0v) is 9.91. The van der Waals surface area contributed by atoms with E-state index >= 15 is 0 Å². The van der Waals surface area contributed by atoms with E-state index in [0.717, 1.165) is 11.1 Å². The Balaban J connectivity index is 1.93. The van der Waals surface area contributed by atoms with Crippen LogP contribution < -0.4 is 0 Å². The summed E-state index contributed by atoms with van der Waals surface area (Å²) in [5.41, 5.74) is 1.72. The number of benzene rings is 1. The van der Waals surface area contributed by atoms with E-state index in [2.05, 4.69) is 9.98 Å². The van der Waals surface area contributed by atoms with Crippen molar-refractivity contribution in [1.29, 1.82) is 0 Å². The van der Waals surface area contributed by atoms with E-state index in [-0.39, 0.29) is 0 Å². The Hall–Kier alpha value is -1.55. The van der Waals surface area contributed by atoms with Crippen LogP contribution in [0.2, 0.25) is 5.02 Å². The maximum absolute atomic E-state index is 6.22. The number of ether oxygens (including phenoxy) is 2. The average molecular weight is 251 g/mol. The Labute approximate surface area is 104 Å². The van der Waals surface area contributed by atoms with Crippen molar-refractivity contribution in [1.82, 2.24) is 0 Å². The van der Waals surface area contributed by atoms with Gasteiger partial charge in [0, 0.05) is 5.56 Å². The SMILES string of the molecule is Clc1cc(C2=NCCO2)ccc1C1=NCCO1. The van der Waals surface area contributed by atoms with E-state index in [1.54, 1.807) is 0 Å². The van der Waals surface area contributed by atoms with Gasteiger partial charge in [0.2, 0.25) is 11.8 Å². The van der Waals surface area contributed by atoms with Gasteiger partial charge in [-0.3, -0.25) is 0 Å². The molecule has 0 aromatic heterocycles. The van der Waals surface area contributed by atoms with E-state index in [1.165, 1.54) is 0 Å². The Morgan fingerprint density at radius 1 is 1.00 bits per heavy atom. The van der Waals surface area contributed by atoms with Crippen molar-refractivity contribution in [3.8, 4) is 0 Å². The van der Waals surface area contributed by atoms with Crippen molar-refractivity contribution in [2.75, 3.05) is 26.3 Å². The molecule has 2 aliphatic rings. The van der Waals surface area contributed by atoms with E-state index in [1.807, 2.05) is 18.2 Å². The number of hydrogen-bond donors (Lipinski definition) is 0. The van der Waals surface area contributed by atoms with Crippen molar-refractivity contribution in [3.05, 3.63) is 34.3 Å². The van der Waals surface area contributed by atoms with Crippen LogP contribution in [-0.4, -0.2) is 38.1 Å². The number of halogens is 1. The Kier molecular flexibility index (Phi) is 2.73. The smallest absolute Gasteiger partial charge is 0.217 e. The van der Waals surface area contributed by atoms with Crippen molar-refractivity contribution < 1.29 is 9.47 Å². The van der Waals surface area contributed by atoms with Gasteiger partial charge in [0.05, 0.1) is 23.7 Å². The third kappa shape index (κ3) is 2.00. The molecule has 4 nitrogen and oxygen atoms in total. The fraction of sp³-hybridized carbons (Fsp3) is 0.333. The second-order valence-electron chi connectivity index (χ2n) is 3.77. The molecule has 0 N–H and O–H groups in total. The van der Waals surface area contributed by atoms with Gasteiger partial charge >= 0.3 is 0 Å². The number of nitrogens with zero attached hydrogens (tertiary/aromatic N) is 2. The fourth-order valence-corrected chi connectivity index (χ4v) is 2.09. The summed E-state index contributed by atoms with van der Waals surface area (Å²) in [4.78, 5) is 8.49. The highest BCUT2D eigenvalue weighted by Gasteiger charge is 2.17. The number of aliphatic imine (C=N–C) groups is 2. The van der Waals surface area contributed by atoms with Crippen LogP contribution in [0, 0.1) is 0 Å². The zero-order chi connectivity index (χ0) is 11.7. The molecule has 2 heterocycles. The standard InChI is InChI=1S/C12H11ClN2O2/c13-10-7-8(11-14-3-5-16-11)1-2-9(10)12-15-4-6-17-12/h1-2,7H,3-6H2. The van der Waals surface area contributed by atoms with E-state index in [9.17, 15) is 0 Å². The highest BCUT2D eigenvalue weighted by atomic mass is 35.5. The van der Waals surface area contributed by atoms with Crippen LogP contribution in [-0.2, 0) is 9.47 Å². The quantitative estimate of drug-likeness (QED) is 0.805. The second kappa shape index (κ2) is 4.37. The fourth-order valence-electron chi connectivity index (χ4n) is 1.83. The summed E-state index contributed by atoms with van der Waals surface area (Å²) >= 11 is 6.22. The van der Waals surface area contributed by atoms with Crippen LogP contribution >= 0.6 is 11.6 Å². The van der Waals surface area contributed by atoms with Gasteiger partial charge < -0.3 is 9.47 Å². The molecule has 1 aromatic rings. The van der Waals surface area contributed by atoms with Gasteiger partial charge in [0.1, 0.15) is 13.2 Å². The lowest BCUT2D eigenvalue weighted by molar-refractivity contribution is 0.347. The summed E-state index contributed by atoms with van der Waals surface area (Å²) in [6.45, 7) is 2.68. The summed E-state index contributed by atoms with van der Waals surface area (Å²) in [6.07, 6.45) is 0. The van der Waals surface area contributed by atoms with Crippen molar-refractivity contribution in [2.24, 2.45) is 9.98 Å². The summed E-state index contributed by atoms with van der Waals surface area (Å²) < 4.78 is 10.8. The number of rotatable bonds is 2. The minimum Gasteiger partial charge on any atom is -0.476 e. The second-order valence-corrected chi connectivity index (χ2v) is 4.17. The molecule has 0 spiro atoms. The van der Waals surface area contributed by atoms with Crippen molar-refractivity contribution >= 4 is 23.4 Å². The first-order valence-electron chi connectivity index (χ1n) is 5.49. The average Bonchev–Trinajstić information content (AvgIpc) is 3.02. The lowest BCUT2D eigenvalue weighted by atomic mass is 10.1. The predicted octanol–water partition coefficient (Wildman–Crippen LogP) is 1.89. The monoisotopic (exact) mass is 250 g/mol. The zero-order valence-electron chi connectivity index (χ0n) is 9.15. The molecule has 0 saturated heterocycles. The van der Waals surface area contributed by atoms with Gasteiger partial charge in [-0.1, -0.05) is 11.6 Å². The third-order valence-corrected chi connectivity index (χ3v) is 2.93. The maximum Gasteiger partial charge on any atom is 0.217 e. The van der Waals surface area contributed by atoms with Gasteiger partial charge in [0.25, 0.3) is 0 Å². The molecular formula is C12H11ClN2O2. The normalized spacial score (nSPS) is 18.4. The van der Waals surface area contributed by atoms with Gasteiger partial charge in [-0.05, 0) is 18.2 Å². The molecule has 3 rings (SSSR count). The van der Waals surface area contributed by atoms with Crippen LogP contribution in [0.1, 0.15) is 11.1 Å². The lowest BCUT2D eigenvalue weighted by Crippen LogP contribution is -2.05. The molecule has 0 aliphatic carbocycles. The van der Waals surface area contributed by atoms with Crippen molar-refractivity contribution in [3.63, 3.8) is 0 Å². The molecule has 1 aromatic carbocycles. The highest BCUT2D eigenvalue weighted by molar-refractivity contribution is 6.34. The molecule has 0 radical (unpaired) electrons. The summed E-state index contributed by atoms with van der Waals surface area (Å²) in [5.74, 6) is 1.28. The Bertz CT molecular complexity index is 511. The first-order chi connectivity index (χ1) is 8.34. The van der Waals surface area contributed by atoms with E-state index in [0.29, 0.717) is 43.1 Å². The Morgan fingerprint density at radius 2 is 1.71 bits per heavy atom. The molecule has 0 atom stereocenters. The van der Waals surface area contributed by atoms with Gasteiger partial charge in [0.15, 0.2) is 0 Å². The topological polar surface area (TPSA) is 43.2 Å². The van der Waals surface area contributed by atoms with Crippen LogP contribution in [0.3, 0.4) is 0 Å². The summed E-state index contributed by atoms with van der Waals surface area (Å²) in [7, 11) is 0. The highest BCUT2D eigenvalue weighted by Crippen LogP contribution is 2.22. The molecule has 0 fully saturated rings. The van der Waals surface area contributed by atoms with Crippen LogP contribution in [0.15, 0.2) is 28.2 Å². The third-order valence-electron chi connectivity index (χ3n) is 2.62. The molecule has 88 valence electrons. The van der Waals surface area contributed by atoms with Crippen LogP contribution in [0.25, 0.3) is 0 Å². The molecule has 0 amide bonds. The minimum atomic E-state index is 0.612.